The van der Waals surface area contributed by atoms with Gasteiger partial charge in [-0.1, -0.05) is 13.8 Å². The third-order valence-corrected chi connectivity index (χ3v) is 4.96. The predicted molar refractivity (Wildman–Crippen MR) is 86.6 cm³/mol. The highest BCUT2D eigenvalue weighted by atomic mass is 16.4. The van der Waals surface area contributed by atoms with Gasteiger partial charge < -0.3 is 15.4 Å². The molecule has 1 aromatic heterocycles. The van der Waals surface area contributed by atoms with Crippen molar-refractivity contribution in [1.29, 1.82) is 0 Å². The van der Waals surface area contributed by atoms with E-state index in [1.165, 1.54) is 25.7 Å². The zero-order valence-electron chi connectivity index (χ0n) is 13.7. The molecule has 1 heterocycles. The number of carboxylic acids is 1. The molecule has 1 fully saturated rings. The minimum atomic E-state index is -0.749. The molecule has 1 saturated carbocycles. The first-order chi connectivity index (χ1) is 10.5. The molecule has 0 aliphatic heterocycles. The number of carbonyl (C=O) groups is 1. The van der Waals surface area contributed by atoms with E-state index in [-0.39, 0.29) is 5.92 Å². The standard InChI is InChI=1S/C17H29N3O2/c1-12-3-5-16(6-4-12)20-10-15(19-11-20)8-14(17(21)22)7-13(2)9-18/h10-14,16H,3-9,18H2,1-2H3,(H,21,22)/t12?,13-,14+,16?/m1/s1. The second-order valence-electron chi connectivity index (χ2n) is 7.04. The Morgan fingerprint density at radius 2 is 2.14 bits per heavy atom. The molecule has 0 aromatic carbocycles. The fourth-order valence-electron chi connectivity index (χ4n) is 3.33. The largest absolute Gasteiger partial charge is 0.481 e. The van der Waals surface area contributed by atoms with Crippen molar-refractivity contribution in [3.05, 3.63) is 18.2 Å². The Bertz CT molecular complexity index is 478. The SMILES string of the molecule is CC1CCC(n2cnc(C[C@H](C[C@@H](C)CN)C(=O)O)c2)CC1. The molecule has 0 spiro atoms. The minimum absolute atomic E-state index is 0.225. The zero-order valence-corrected chi connectivity index (χ0v) is 13.7. The van der Waals surface area contributed by atoms with Crippen molar-refractivity contribution < 1.29 is 9.90 Å². The third kappa shape index (κ3) is 4.57. The highest BCUT2D eigenvalue weighted by Gasteiger charge is 2.23. The Balaban J connectivity index is 1.96. The molecule has 1 aromatic rings. The first-order valence-corrected chi connectivity index (χ1v) is 8.44. The highest BCUT2D eigenvalue weighted by Crippen LogP contribution is 2.32. The molecule has 0 bridgehead atoms. The van der Waals surface area contributed by atoms with Gasteiger partial charge in [0, 0.05) is 18.7 Å². The average molecular weight is 307 g/mol. The van der Waals surface area contributed by atoms with Gasteiger partial charge in [0.25, 0.3) is 0 Å². The van der Waals surface area contributed by atoms with Crippen LogP contribution in [0.25, 0.3) is 0 Å². The molecular weight excluding hydrogens is 278 g/mol. The molecule has 1 aliphatic rings. The fraction of sp³-hybridized carbons (Fsp3) is 0.765. The summed E-state index contributed by atoms with van der Waals surface area (Å²) in [5.74, 6) is -0.0916. The Kier molecular flexibility index (Phi) is 6.00. The van der Waals surface area contributed by atoms with Crippen LogP contribution in [0.3, 0.4) is 0 Å². The number of aliphatic carboxylic acids is 1. The monoisotopic (exact) mass is 307 g/mol. The van der Waals surface area contributed by atoms with Crippen LogP contribution in [0.4, 0.5) is 0 Å². The summed E-state index contributed by atoms with van der Waals surface area (Å²) in [6, 6.07) is 0.531. The van der Waals surface area contributed by atoms with E-state index in [0.717, 1.165) is 11.6 Å². The lowest BCUT2D eigenvalue weighted by Crippen LogP contribution is -2.23. The maximum atomic E-state index is 11.4. The van der Waals surface area contributed by atoms with Crippen molar-refractivity contribution in [2.24, 2.45) is 23.5 Å². The molecule has 0 radical (unpaired) electrons. The minimum Gasteiger partial charge on any atom is -0.481 e. The summed E-state index contributed by atoms with van der Waals surface area (Å²) in [5.41, 5.74) is 6.50. The summed E-state index contributed by atoms with van der Waals surface area (Å²) in [6.07, 6.45) is 9.96. The summed E-state index contributed by atoms with van der Waals surface area (Å²) >= 11 is 0. The van der Waals surface area contributed by atoms with Gasteiger partial charge in [0.2, 0.25) is 0 Å². The number of rotatable bonds is 7. The molecule has 5 nitrogen and oxygen atoms in total. The van der Waals surface area contributed by atoms with E-state index in [1.54, 1.807) is 0 Å². The highest BCUT2D eigenvalue weighted by molar-refractivity contribution is 5.70. The van der Waals surface area contributed by atoms with E-state index in [1.807, 2.05) is 19.4 Å². The lowest BCUT2D eigenvalue weighted by atomic mass is 9.87. The maximum absolute atomic E-state index is 11.4. The molecule has 0 amide bonds. The number of imidazole rings is 1. The molecule has 124 valence electrons. The van der Waals surface area contributed by atoms with Gasteiger partial charge in [-0.2, -0.15) is 0 Å². The number of carboxylic acid groups (broad SMARTS) is 1. The summed E-state index contributed by atoms with van der Waals surface area (Å²) in [6.45, 7) is 4.84. The fourth-order valence-corrected chi connectivity index (χ4v) is 3.33. The van der Waals surface area contributed by atoms with Gasteiger partial charge in [-0.3, -0.25) is 4.79 Å². The molecule has 22 heavy (non-hydrogen) atoms. The van der Waals surface area contributed by atoms with Crippen molar-refractivity contribution >= 4 is 5.97 Å². The molecule has 5 heteroatoms. The van der Waals surface area contributed by atoms with E-state index in [2.05, 4.69) is 16.5 Å². The zero-order chi connectivity index (χ0) is 16.1. The van der Waals surface area contributed by atoms with Crippen molar-refractivity contribution in [2.45, 2.75) is 58.4 Å². The topological polar surface area (TPSA) is 81.1 Å². The molecule has 2 atom stereocenters. The van der Waals surface area contributed by atoms with Crippen molar-refractivity contribution in [1.82, 2.24) is 9.55 Å². The van der Waals surface area contributed by atoms with Crippen LogP contribution in [0, 0.1) is 17.8 Å². The first-order valence-electron chi connectivity index (χ1n) is 8.44. The first kappa shape index (κ1) is 17.0. The Hall–Kier alpha value is -1.36. The number of aromatic nitrogens is 2. The van der Waals surface area contributed by atoms with Gasteiger partial charge in [0.1, 0.15) is 0 Å². The second kappa shape index (κ2) is 7.77. The Labute approximate surface area is 132 Å². The smallest absolute Gasteiger partial charge is 0.306 e. The van der Waals surface area contributed by atoms with E-state index in [0.29, 0.717) is 25.4 Å². The summed E-state index contributed by atoms with van der Waals surface area (Å²) in [7, 11) is 0. The molecule has 1 aliphatic carbocycles. The van der Waals surface area contributed by atoms with Crippen LogP contribution in [0.5, 0.6) is 0 Å². The van der Waals surface area contributed by atoms with Crippen LogP contribution in [0.15, 0.2) is 12.5 Å². The van der Waals surface area contributed by atoms with E-state index >= 15 is 0 Å². The van der Waals surface area contributed by atoms with Crippen LogP contribution >= 0.6 is 0 Å². The van der Waals surface area contributed by atoms with E-state index in [9.17, 15) is 9.90 Å². The van der Waals surface area contributed by atoms with Gasteiger partial charge in [-0.15, -0.1) is 0 Å². The summed E-state index contributed by atoms with van der Waals surface area (Å²) in [4.78, 5) is 15.9. The van der Waals surface area contributed by atoms with Gasteiger partial charge in [0.15, 0.2) is 0 Å². The third-order valence-electron chi connectivity index (χ3n) is 4.96. The molecule has 0 saturated heterocycles. The van der Waals surface area contributed by atoms with Crippen LogP contribution < -0.4 is 5.73 Å². The maximum Gasteiger partial charge on any atom is 0.306 e. The van der Waals surface area contributed by atoms with Crippen LogP contribution in [-0.2, 0) is 11.2 Å². The van der Waals surface area contributed by atoms with E-state index in [4.69, 9.17) is 5.73 Å². The Morgan fingerprint density at radius 1 is 1.45 bits per heavy atom. The lowest BCUT2D eigenvalue weighted by molar-refractivity contribution is -0.142. The lowest BCUT2D eigenvalue weighted by Gasteiger charge is -2.26. The van der Waals surface area contributed by atoms with E-state index < -0.39 is 11.9 Å². The summed E-state index contributed by atoms with van der Waals surface area (Å²) in [5, 5.41) is 9.39. The van der Waals surface area contributed by atoms with Crippen LogP contribution in [-0.4, -0.2) is 27.2 Å². The molecule has 2 rings (SSSR count). The predicted octanol–water partition coefficient (Wildman–Crippen LogP) is 2.86. The second-order valence-corrected chi connectivity index (χ2v) is 7.04. The number of nitrogens with zero attached hydrogens (tertiary/aromatic N) is 2. The van der Waals surface area contributed by atoms with Gasteiger partial charge >= 0.3 is 5.97 Å². The summed E-state index contributed by atoms with van der Waals surface area (Å²) < 4.78 is 2.19. The molecule has 3 N–H and O–H groups in total. The van der Waals surface area contributed by atoms with Crippen molar-refractivity contribution in [3.8, 4) is 0 Å². The van der Waals surface area contributed by atoms with Crippen LogP contribution in [0.1, 0.15) is 57.7 Å². The normalized spacial score (nSPS) is 24.9. The van der Waals surface area contributed by atoms with Gasteiger partial charge in [-0.05, 0) is 50.5 Å². The number of hydrogen-bond acceptors (Lipinski definition) is 3. The average Bonchev–Trinajstić information content (AvgIpc) is 2.95. The Morgan fingerprint density at radius 3 is 2.73 bits per heavy atom. The number of nitrogens with two attached hydrogens (primary N) is 1. The van der Waals surface area contributed by atoms with Crippen molar-refractivity contribution in [2.75, 3.05) is 6.54 Å². The molecule has 0 unspecified atom stereocenters. The van der Waals surface area contributed by atoms with Gasteiger partial charge in [-0.25, -0.2) is 4.98 Å². The quantitative estimate of drug-likeness (QED) is 0.811. The molecular formula is C17H29N3O2. The number of hydrogen-bond donors (Lipinski definition) is 2. The van der Waals surface area contributed by atoms with Crippen molar-refractivity contribution in [3.63, 3.8) is 0 Å². The van der Waals surface area contributed by atoms with Crippen LogP contribution in [0.2, 0.25) is 0 Å². The van der Waals surface area contributed by atoms with Gasteiger partial charge in [0.05, 0.1) is 17.9 Å².